The van der Waals surface area contributed by atoms with E-state index in [1.54, 1.807) is 44.2 Å². The molecule has 142 valence electrons. The standard InChI is InChI=1S/C18H19N3O5S/c1-3-25-17(22)15-12(10-27-14-6-4-5-9-21(14)24)19-18(23)20-16(15)13-8-7-11(2)26-13/h4-9,16H,3,10H2,1-2H3,(H2,19,20,23)/t16-/m0/s1. The average molecular weight is 389 g/mol. The summed E-state index contributed by atoms with van der Waals surface area (Å²) in [5, 5.41) is 17.6. The highest BCUT2D eigenvalue weighted by Crippen LogP contribution is 2.31. The van der Waals surface area contributed by atoms with Crippen LogP contribution in [0.15, 0.2) is 57.2 Å². The molecule has 0 aromatic carbocycles. The normalized spacial score (nSPS) is 16.7. The molecule has 1 atom stereocenters. The van der Waals surface area contributed by atoms with E-state index in [1.807, 2.05) is 0 Å². The number of furan rings is 1. The number of amides is 2. The zero-order valence-corrected chi connectivity index (χ0v) is 15.7. The van der Waals surface area contributed by atoms with Gasteiger partial charge in [0, 0.05) is 23.6 Å². The van der Waals surface area contributed by atoms with E-state index in [1.165, 1.54) is 18.0 Å². The summed E-state index contributed by atoms with van der Waals surface area (Å²) >= 11 is 1.21. The van der Waals surface area contributed by atoms with E-state index >= 15 is 0 Å². The molecule has 0 radical (unpaired) electrons. The van der Waals surface area contributed by atoms with Crippen LogP contribution >= 0.6 is 11.8 Å². The van der Waals surface area contributed by atoms with Crippen molar-refractivity contribution in [3.05, 3.63) is 64.5 Å². The van der Waals surface area contributed by atoms with Gasteiger partial charge in [-0.15, -0.1) is 0 Å². The van der Waals surface area contributed by atoms with Crippen molar-refractivity contribution in [2.24, 2.45) is 0 Å². The van der Waals surface area contributed by atoms with Crippen LogP contribution in [0.25, 0.3) is 0 Å². The van der Waals surface area contributed by atoms with Crippen molar-refractivity contribution in [1.82, 2.24) is 10.6 Å². The third-order valence-corrected chi connectivity index (χ3v) is 4.89. The quantitative estimate of drug-likeness (QED) is 0.339. The number of aryl methyl sites for hydroxylation is 1. The maximum Gasteiger partial charge on any atom is 0.338 e. The number of nitrogens with zero attached hydrogens (tertiary/aromatic N) is 1. The number of urea groups is 1. The number of ether oxygens (including phenoxy) is 1. The van der Waals surface area contributed by atoms with Gasteiger partial charge in [0.05, 0.1) is 12.2 Å². The van der Waals surface area contributed by atoms with Crippen LogP contribution in [-0.2, 0) is 9.53 Å². The second-order valence-electron chi connectivity index (χ2n) is 5.75. The summed E-state index contributed by atoms with van der Waals surface area (Å²) in [5.41, 5.74) is 0.636. The fraction of sp³-hybridized carbons (Fsp3) is 0.278. The molecule has 1 aliphatic rings. The summed E-state index contributed by atoms with van der Waals surface area (Å²) in [6, 6.07) is 7.27. The van der Waals surface area contributed by atoms with Gasteiger partial charge in [-0.05, 0) is 43.8 Å². The SMILES string of the molecule is CCOC(=O)C1=C(CSc2cccc[n+]2[O-])NC(=O)N[C@H]1c1ccc(C)o1. The van der Waals surface area contributed by atoms with Crippen molar-refractivity contribution in [3.8, 4) is 0 Å². The second-order valence-corrected chi connectivity index (χ2v) is 6.74. The van der Waals surface area contributed by atoms with E-state index in [0.717, 1.165) is 4.73 Å². The number of hydrogen-bond acceptors (Lipinski definition) is 6. The predicted octanol–water partition coefficient (Wildman–Crippen LogP) is 2.18. The van der Waals surface area contributed by atoms with Gasteiger partial charge in [-0.3, -0.25) is 0 Å². The molecule has 9 heteroatoms. The number of thioether (sulfide) groups is 1. The minimum atomic E-state index is -0.766. The molecule has 0 saturated heterocycles. The van der Waals surface area contributed by atoms with Crippen LogP contribution in [0.2, 0.25) is 0 Å². The first kappa shape index (κ1) is 18.8. The molecule has 3 rings (SSSR count). The first-order valence-corrected chi connectivity index (χ1v) is 9.33. The Labute approximate surface area is 160 Å². The molecule has 3 heterocycles. The van der Waals surface area contributed by atoms with Gasteiger partial charge in [-0.2, -0.15) is 4.73 Å². The Bertz CT molecular complexity index is 893. The summed E-state index contributed by atoms with van der Waals surface area (Å²) in [6.07, 6.45) is 1.39. The van der Waals surface area contributed by atoms with Crippen molar-refractivity contribution in [1.29, 1.82) is 0 Å². The first-order valence-electron chi connectivity index (χ1n) is 8.34. The van der Waals surface area contributed by atoms with Gasteiger partial charge >= 0.3 is 12.0 Å². The van der Waals surface area contributed by atoms with Crippen LogP contribution in [0.3, 0.4) is 0 Å². The van der Waals surface area contributed by atoms with Gasteiger partial charge in [-0.25, -0.2) is 9.59 Å². The lowest BCUT2D eigenvalue weighted by Crippen LogP contribution is -2.46. The Morgan fingerprint density at radius 3 is 2.85 bits per heavy atom. The number of nitrogens with one attached hydrogen (secondary N) is 2. The predicted molar refractivity (Wildman–Crippen MR) is 97.6 cm³/mol. The molecule has 0 spiro atoms. The van der Waals surface area contributed by atoms with Crippen molar-refractivity contribution < 1.29 is 23.5 Å². The maximum absolute atomic E-state index is 12.6. The van der Waals surface area contributed by atoms with Crippen LogP contribution in [0.4, 0.5) is 4.79 Å². The topological polar surface area (TPSA) is 108 Å². The Morgan fingerprint density at radius 1 is 1.37 bits per heavy atom. The largest absolute Gasteiger partial charge is 0.618 e. The molecule has 0 unspecified atom stereocenters. The van der Waals surface area contributed by atoms with E-state index in [9.17, 15) is 14.8 Å². The molecule has 0 saturated carbocycles. The molecule has 0 fully saturated rings. The molecule has 0 aliphatic carbocycles. The fourth-order valence-electron chi connectivity index (χ4n) is 2.67. The molecule has 8 nitrogen and oxygen atoms in total. The second kappa shape index (κ2) is 8.17. The molecule has 2 aromatic heterocycles. The number of carbonyl (C=O) groups is 2. The van der Waals surface area contributed by atoms with Gasteiger partial charge in [0.2, 0.25) is 0 Å². The van der Waals surface area contributed by atoms with Gasteiger partial charge in [0.1, 0.15) is 17.6 Å². The third-order valence-electron chi connectivity index (χ3n) is 3.85. The Kier molecular flexibility index (Phi) is 5.70. The average Bonchev–Trinajstić information content (AvgIpc) is 3.07. The Balaban J connectivity index is 1.96. The minimum absolute atomic E-state index is 0.194. The highest BCUT2D eigenvalue weighted by Gasteiger charge is 2.35. The summed E-state index contributed by atoms with van der Waals surface area (Å²) in [6.45, 7) is 3.68. The van der Waals surface area contributed by atoms with Gasteiger partial charge in [0.25, 0.3) is 5.03 Å². The fourth-order valence-corrected chi connectivity index (χ4v) is 3.56. The number of hydrogen-bond donors (Lipinski definition) is 2. The molecule has 2 amide bonds. The maximum atomic E-state index is 12.6. The van der Waals surface area contributed by atoms with Gasteiger partial charge in [-0.1, -0.05) is 0 Å². The van der Waals surface area contributed by atoms with Crippen LogP contribution in [0, 0.1) is 12.1 Å². The summed E-state index contributed by atoms with van der Waals surface area (Å²) in [7, 11) is 0. The van der Waals surface area contributed by atoms with E-state index in [4.69, 9.17) is 9.15 Å². The van der Waals surface area contributed by atoms with Crippen molar-refractivity contribution in [2.75, 3.05) is 12.4 Å². The Morgan fingerprint density at radius 2 is 2.19 bits per heavy atom. The molecule has 1 aliphatic heterocycles. The highest BCUT2D eigenvalue weighted by molar-refractivity contribution is 7.99. The summed E-state index contributed by atoms with van der Waals surface area (Å²) in [5.74, 6) is 0.757. The van der Waals surface area contributed by atoms with E-state index in [-0.39, 0.29) is 17.9 Å². The molecular weight excluding hydrogens is 370 g/mol. The van der Waals surface area contributed by atoms with Crippen LogP contribution in [0.5, 0.6) is 0 Å². The van der Waals surface area contributed by atoms with E-state index in [2.05, 4.69) is 10.6 Å². The lowest BCUT2D eigenvalue weighted by Gasteiger charge is -2.27. The number of pyridine rings is 1. The zero-order chi connectivity index (χ0) is 19.4. The summed E-state index contributed by atoms with van der Waals surface area (Å²) in [4.78, 5) is 24.7. The van der Waals surface area contributed by atoms with Crippen molar-refractivity contribution in [3.63, 3.8) is 0 Å². The zero-order valence-electron chi connectivity index (χ0n) is 14.9. The van der Waals surface area contributed by atoms with Crippen LogP contribution in [-0.4, -0.2) is 24.4 Å². The molecule has 0 bridgehead atoms. The van der Waals surface area contributed by atoms with Crippen LogP contribution < -0.4 is 15.4 Å². The highest BCUT2D eigenvalue weighted by atomic mass is 32.2. The van der Waals surface area contributed by atoms with Gasteiger partial charge in [0.15, 0.2) is 6.20 Å². The minimum Gasteiger partial charge on any atom is -0.618 e. The molecule has 2 aromatic rings. The number of carbonyl (C=O) groups excluding carboxylic acids is 2. The number of esters is 1. The smallest absolute Gasteiger partial charge is 0.338 e. The van der Waals surface area contributed by atoms with Crippen LogP contribution in [0.1, 0.15) is 24.5 Å². The van der Waals surface area contributed by atoms with E-state index < -0.39 is 18.0 Å². The molecular formula is C18H19N3O5S. The number of aromatic nitrogens is 1. The monoisotopic (exact) mass is 389 g/mol. The molecule has 2 N–H and O–H groups in total. The van der Waals surface area contributed by atoms with Gasteiger partial charge < -0.3 is 25.0 Å². The first-order chi connectivity index (χ1) is 13.0. The summed E-state index contributed by atoms with van der Waals surface area (Å²) < 4.78 is 11.5. The van der Waals surface area contributed by atoms with Crippen molar-refractivity contribution >= 4 is 23.8 Å². The van der Waals surface area contributed by atoms with E-state index in [0.29, 0.717) is 22.2 Å². The Hall–Kier alpha value is -2.94. The van der Waals surface area contributed by atoms with Crippen molar-refractivity contribution in [2.45, 2.75) is 24.9 Å². The lowest BCUT2D eigenvalue weighted by atomic mass is 10.0. The number of rotatable bonds is 6. The third kappa shape index (κ3) is 4.25. The lowest BCUT2D eigenvalue weighted by molar-refractivity contribution is -0.645. The molecule has 27 heavy (non-hydrogen) atoms.